The minimum atomic E-state index is -0.244. The van der Waals surface area contributed by atoms with Crippen LogP contribution in [0.4, 0.5) is 10.1 Å². The van der Waals surface area contributed by atoms with Crippen molar-refractivity contribution in [3.05, 3.63) is 24.0 Å². The normalized spacial score (nSPS) is 16.1. The number of anilines is 1. The van der Waals surface area contributed by atoms with E-state index in [4.69, 9.17) is 0 Å². The SMILES string of the molecule is CC.Cc1ccc(N2CCN(CCF)CC2)cn1. The van der Waals surface area contributed by atoms with Crippen molar-refractivity contribution in [3.8, 4) is 0 Å². The predicted molar refractivity (Wildman–Crippen MR) is 75.0 cm³/mol. The average molecular weight is 253 g/mol. The van der Waals surface area contributed by atoms with Gasteiger partial charge in [-0.25, -0.2) is 4.39 Å². The highest BCUT2D eigenvalue weighted by Crippen LogP contribution is 2.15. The number of rotatable bonds is 3. The summed E-state index contributed by atoms with van der Waals surface area (Å²) in [6.07, 6.45) is 1.92. The third-order valence-corrected chi connectivity index (χ3v) is 3.03. The maximum atomic E-state index is 12.2. The van der Waals surface area contributed by atoms with Crippen LogP contribution in [0.2, 0.25) is 0 Å². The molecule has 1 saturated heterocycles. The molecule has 0 radical (unpaired) electrons. The Labute approximate surface area is 110 Å². The zero-order valence-electron chi connectivity index (χ0n) is 11.7. The largest absolute Gasteiger partial charge is 0.368 e. The number of halogens is 1. The molecular formula is C14H24FN3. The molecule has 0 unspecified atom stereocenters. The topological polar surface area (TPSA) is 19.4 Å². The fraction of sp³-hybridized carbons (Fsp3) is 0.643. The second-order valence-corrected chi connectivity index (χ2v) is 4.18. The minimum Gasteiger partial charge on any atom is -0.368 e. The van der Waals surface area contributed by atoms with E-state index in [-0.39, 0.29) is 6.67 Å². The summed E-state index contributed by atoms with van der Waals surface area (Å²) in [6, 6.07) is 4.14. The van der Waals surface area contributed by atoms with Crippen molar-refractivity contribution in [1.82, 2.24) is 9.88 Å². The van der Waals surface area contributed by atoms with Crippen LogP contribution in [0.5, 0.6) is 0 Å². The molecule has 0 saturated carbocycles. The molecule has 2 rings (SSSR count). The van der Waals surface area contributed by atoms with E-state index in [0.717, 1.165) is 31.9 Å². The fourth-order valence-corrected chi connectivity index (χ4v) is 2.00. The van der Waals surface area contributed by atoms with Crippen LogP contribution in [0.1, 0.15) is 19.5 Å². The lowest BCUT2D eigenvalue weighted by Gasteiger charge is -2.35. The van der Waals surface area contributed by atoms with Gasteiger partial charge in [-0.1, -0.05) is 13.8 Å². The summed E-state index contributed by atoms with van der Waals surface area (Å²) in [7, 11) is 0. The van der Waals surface area contributed by atoms with Gasteiger partial charge in [0.05, 0.1) is 11.9 Å². The molecular weight excluding hydrogens is 229 g/mol. The van der Waals surface area contributed by atoms with Gasteiger partial charge in [0.25, 0.3) is 0 Å². The van der Waals surface area contributed by atoms with Gasteiger partial charge >= 0.3 is 0 Å². The number of hydrogen-bond donors (Lipinski definition) is 0. The summed E-state index contributed by atoms with van der Waals surface area (Å²) in [5.74, 6) is 0. The van der Waals surface area contributed by atoms with E-state index < -0.39 is 0 Å². The van der Waals surface area contributed by atoms with Crippen LogP contribution in [-0.4, -0.2) is 49.3 Å². The number of hydrogen-bond acceptors (Lipinski definition) is 3. The Bertz CT molecular complexity index is 318. The number of piperazine rings is 1. The van der Waals surface area contributed by atoms with Crippen molar-refractivity contribution in [2.45, 2.75) is 20.8 Å². The highest BCUT2D eigenvalue weighted by atomic mass is 19.1. The number of pyridine rings is 1. The van der Waals surface area contributed by atoms with E-state index in [0.29, 0.717) is 6.54 Å². The molecule has 18 heavy (non-hydrogen) atoms. The fourth-order valence-electron chi connectivity index (χ4n) is 2.00. The van der Waals surface area contributed by atoms with E-state index in [1.54, 1.807) is 0 Å². The summed E-state index contributed by atoms with van der Waals surface area (Å²) in [4.78, 5) is 8.77. The van der Waals surface area contributed by atoms with Gasteiger partial charge in [-0.3, -0.25) is 9.88 Å². The molecule has 102 valence electrons. The highest BCUT2D eigenvalue weighted by molar-refractivity contribution is 5.44. The van der Waals surface area contributed by atoms with Crippen LogP contribution in [0.25, 0.3) is 0 Å². The van der Waals surface area contributed by atoms with Gasteiger partial charge in [-0.2, -0.15) is 0 Å². The summed E-state index contributed by atoms with van der Waals surface area (Å²) >= 11 is 0. The maximum Gasteiger partial charge on any atom is 0.102 e. The van der Waals surface area contributed by atoms with E-state index in [1.807, 2.05) is 33.0 Å². The van der Waals surface area contributed by atoms with Gasteiger partial charge in [-0.15, -0.1) is 0 Å². The van der Waals surface area contributed by atoms with Gasteiger partial charge in [0, 0.05) is 38.4 Å². The molecule has 0 spiro atoms. The van der Waals surface area contributed by atoms with E-state index in [9.17, 15) is 4.39 Å². The molecule has 0 aliphatic carbocycles. The molecule has 0 amide bonds. The summed E-state index contributed by atoms with van der Waals surface area (Å²) in [6.45, 7) is 10.1. The Morgan fingerprint density at radius 1 is 1.17 bits per heavy atom. The quantitative estimate of drug-likeness (QED) is 0.825. The molecule has 4 heteroatoms. The first-order valence-electron chi connectivity index (χ1n) is 6.75. The van der Waals surface area contributed by atoms with Gasteiger partial charge in [0.1, 0.15) is 6.67 Å². The molecule has 0 N–H and O–H groups in total. The smallest absolute Gasteiger partial charge is 0.102 e. The standard InChI is InChI=1S/C12H18FN3.C2H6/c1-11-2-3-12(10-14-11)16-8-6-15(5-4-13)7-9-16;1-2/h2-3,10H,4-9H2,1H3;1-2H3. The molecule has 0 atom stereocenters. The average Bonchev–Trinajstić information content (AvgIpc) is 2.43. The van der Waals surface area contributed by atoms with E-state index in [2.05, 4.69) is 20.9 Å². The van der Waals surface area contributed by atoms with Crippen molar-refractivity contribution in [1.29, 1.82) is 0 Å². The molecule has 2 heterocycles. The summed E-state index contributed by atoms with van der Waals surface area (Å²) in [5, 5.41) is 0. The summed E-state index contributed by atoms with van der Waals surface area (Å²) in [5.41, 5.74) is 2.21. The first-order chi connectivity index (χ1) is 8.79. The molecule has 1 fully saturated rings. The van der Waals surface area contributed by atoms with Crippen LogP contribution in [0.15, 0.2) is 18.3 Å². The van der Waals surface area contributed by atoms with Gasteiger partial charge in [0.15, 0.2) is 0 Å². The lowest BCUT2D eigenvalue weighted by atomic mass is 10.2. The van der Waals surface area contributed by atoms with Crippen molar-refractivity contribution in [2.24, 2.45) is 0 Å². The van der Waals surface area contributed by atoms with Crippen LogP contribution in [0.3, 0.4) is 0 Å². The van der Waals surface area contributed by atoms with E-state index in [1.165, 1.54) is 5.69 Å². The third-order valence-electron chi connectivity index (χ3n) is 3.03. The Morgan fingerprint density at radius 3 is 2.33 bits per heavy atom. The van der Waals surface area contributed by atoms with Crippen molar-refractivity contribution in [3.63, 3.8) is 0 Å². The Hall–Kier alpha value is -1.16. The molecule has 1 aliphatic heterocycles. The Kier molecular flexibility index (Phi) is 6.65. The molecule has 1 aromatic rings. The van der Waals surface area contributed by atoms with Crippen LogP contribution in [0, 0.1) is 6.92 Å². The second kappa shape index (κ2) is 8.03. The Balaban J connectivity index is 0.000000771. The van der Waals surface area contributed by atoms with Crippen LogP contribution in [-0.2, 0) is 0 Å². The molecule has 1 aliphatic rings. The monoisotopic (exact) mass is 253 g/mol. The number of aryl methyl sites for hydroxylation is 1. The molecule has 0 bridgehead atoms. The first-order valence-corrected chi connectivity index (χ1v) is 6.75. The molecule has 1 aromatic heterocycles. The van der Waals surface area contributed by atoms with Crippen molar-refractivity contribution in [2.75, 3.05) is 44.3 Å². The summed E-state index contributed by atoms with van der Waals surface area (Å²) < 4.78 is 12.2. The van der Waals surface area contributed by atoms with Crippen LogP contribution < -0.4 is 4.90 Å². The lowest BCUT2D eigenvalue weighted by Crippen LogP contribution is -2.47. The van der Waals surface area contributed by atoms with Crippen LogP contribution >= 0.6 is 0 Å². The minimum absolute atomic E-state index is 0.244. The van der Waals surface area contributed by atoms with Crippen molar-refractivity contribution >= 4 is 5.69 Å². The predicted octanol–water partition coefficient (Wildman–Crippen LogP) is 2.51. The number of alkyl halides is 1. The van der Waals surface area contributed by atoms with E-state index >= 15 is 0 Å². The highest BCUT2D eigenvalue weighted by Gasteiger charge is 2.16. The molecule has 3 nitrogen and oxygen atoms in total. The number of nitrogens with zero attached hydrogens (tertiary/aromatic N) is 3. The Morgan fingerprint density at radius 2 is 1.83 bits per heavy atom. The molecule has 0 aromatic carbocycles. The first kappa shape index (κ1) is 14.9. The second-order valence-electron chi connectivity index (χ2n) is 4.18. The maximum absolute atomic E-state index is 12.2. The third kappa shape index (κ3) is 4.26. The number of aromatic nitrogens is 1. The van der Waals surface area contributed by atoms with Gasteiger partial charge in [-0.05, 0) is 19.1 Å². The lowest BCUT2D eigenvalue weighted by molar-refractivity contribution is 0.235. The van der Waals surface area contributed by atoms with Gasteiger partial charge in [0.2, 0.25) is 0 Å². The zero-order valence-corrected chi connectivity index (χ0v) is 11.7. The van der Waals surface area contributed by atoms with Gasteiger partial charge < -0.3 is 4.90 Å². The zero-order chi connectivity index (χ0) is 13.4. The van der Waals surface area contributed by atoms with Crippen molar-refractivity contribution < 1.29 is 4.39 Å².